The van der Waals surface area contributed by atoms with Crippen LogP contribution >= 0.6 is 11.6 Å². The second kappa shape index (κ2) is 8.13. The molecule has 0 saturated carbocycles. The van der Waals surface area contributed by atoms with Gasteiger partial charge in [-0.25, -0.2) is 4.98 Å². The van der Waals surface area contributed by atoms with E-state index in [1.165, 1.54) is 11.0 Å². The van der Waals surface area contributed by atoms with Gasteiger partial charge in [0.05, 0.1) is 0 Å². The van der Waals surface area contributed by atoms with E-state index in [0.717, 1.165) is 31.5 Å². The first-order chi connectivity index (χ1) is 12.9. The number of nitrogens with one attached hydrogen (secondary N) is 1. The molecule has 144 valence electrons. The van der Waals surface area contributed by atoms with Crippen molar-refractivity contribution in [3.63, 3.8) is 0 Å². The van der Waals surface area contributed by atoms with Crippen molar-refractivity contribution in [2.24, 2.45) is 0 Å². The average Bonchev–Trinajstić information content (AvgIpc) is 2.66. The molecular formula is C20H25ClN4O2. The molecule has 0 spiro atoms. The normalized spacial score (nSPS) is 14.3. The summed E-state index contributed by atoms with van der Waals surface area (Å²) in [6.07, 6.45) is 3.31. The van der Waals surface area contributed by atoms with Gasteiger partial charge in [-0.2, -0.15) is 0 Å². The van der Waals surface area contributed by atoms with Gasteiger partial charge in [-0.15, -0.1) is 0 Å². The smallest absolute Gasteiger partial charge is 0.258 e. The SMILES string of the molecule is Cc1nc(N2CCCCC2)n(CC(=O)Nc2cccc(Cl)c2C)c(=O)c1C. The zero-order chi connectivity index (χ0) is 19.6. The van der Waals surface area contributed by atoms with Crippen LogP contribution in [0.3, 0.4) is 0 Å². The molecule has 6 nitrogen and oxygen atoms in total. The van der Waals surface area contributed by atoms with Crippen molar-refractivity contribution >= 4 is 29.1 Å². The first kappa shape index (κ1) is 19.4. The van der Waals surface area contributed by atoms with E-state index in [2.05, 4.69) is 15.2 Å². The fourth-order valence-corrected chi connectivity index (χ4v) is 3.47. The van der Waals surface area contributed by atoms with Gasteiger partial charge in [0.15, 0.2) is 0 Å². The van der Waals surface area contributed by atoms with Crippen molar-refractivity contribution in [2.45, 2.75) is 46.6 Å². The molecule has 0 aliphatic carbocycles. The minimum Gasteiger partial charge on any atom is -0.342 e. The molecule has 3 rings (SSSR count). The van der Waals surface area contributed by atoms with Crippen LogP contribution in [0.25, 0.3) is 0 Å². The topological polar surface area (TPSA) is 67.2 Å². The summed E-state index contributed by atoms with van der Waals surface area (Å²) in [5.41, 5.74) is 2.57. The quantitative estimate of drug-likeness (QED) is 0.871. The average molecular weight is 389 g/mol. The molecule has 1 aromatic heterocycles. The number of anilines is 2. The van der Waals surface area contributed by atoms with Gasteiger partial charge >= 0.3 is 0 Å². The van der Waals surface area contributed by atoms with Crippen LogP contribution in [0.2, 0.25) is 5.02 Å². The number of carbonyl (C=O) groups is 1. The summed E-state index contributed by atoms with van der Waals surface area (Å²) in [5, 5.41) is 3.45. The van der Waals surface area contributed by atoms with Crippen molar-refractivity contribution in [1.29, 1.82) is 0 Å². The third kappa shape index (κ3) is 4.16. The molecule has 1 aliphatic rings. The molecule has 2 aromatic rings. The molecule has 1 fully saturated rings. The predicted octanol–water partition coefficient (Wildman–Crippen LogP) is 3.45. The van der Waals surface area contributed by atoms with Crippen LogP contribution < -0.4 is 15.8 Å². The van der Waals surface area contributed by atoms with Crippen molar-refractivity contribution in [2.75, 3.05) is 23.3 Å². The van der Waals surface area contributed by atoms with Crippen LogP contribution in [0.5, 0.6) is 0 Å². The van der Waals surface area contributed by atoms with Crippen LogP contribution in [0.4, 0.5) is 11.6 Å². The number of piperidine rings is 1. The summed E-state index contributed by atoms with van der Waals surface area (Å²) in [5.74, 6) is 0.312. The number of rotatable bonds is 4. The molecule has 0 bridgehead atoms. The molecule has 1 amide bonds. The largest absolute Gasteiger partial charge is 0.342 e. The Morgan fingerprint density at radius 1 is 1.15 bits per heavy atom. The Morgan fingerprint density at radius 2 is 1.85 bits per heavy atom. The molecule has 27 heavy (non-hydrogen) atoms. The van der Waals surface area contributed by atoms with Crippen LogP contribution in [-0.2, 0) is 11.3 Å². The number of hydrogen-bond donors (Lipinski definition) is 1. The predicted molar refractivity (Wildman–Crippen MR) is 109 cm³/mol. The number of amides is 1. The highest BCUT2D eigenvalue weighted by atomic mass is 35.5. The summed E-state index contributed by atoms with van der Waals surface area (Å²) >= 11 is 6.12. The number of nitrogens with zero attached hydrogens (tertiary/aromatic N) is 3. The Hall–Kier alpha value is -2.34. The molecule has 0 radical (unpaired) electrons. The Balaban J connectivity index is 1.90. The highest BCUT2D eigenvalue weighted by Gasteiger charge is 2.21. The Bertz CT molecular complexity index is 917. The number of halogens is 1. The lowest BCUT2D eigenvalue weighted by Crippen LogP contribution is -2.39. The van der Waals surface area contributed by atoms with Gasteiger partial charge in [0, 0.05) is 35.1 Å². The van der Waals surface area contributed by atoms with Gasteiger partial charge in [-0.3, -0.25) is 14.2 Å². The van der Waals surface area contributed by atoms with E-state index >= 15 is 0 Å². The number of carbonyl (C=O) groups excluding carboxylic acids is 1. The van der Waals surface area contributed by atoms with Gasteiger partial charge in [0.1, 0.15) is 6.54 Å². The van der Waals surface area contributed by atoms with E-state index in [4.69, 9.17) is 11.6 Å². The van der Waals surface area contributed by atoms with Crippen molar-refractivity contribution < 1.29 is 4.79 Å². The summed E-state index contributed by atoms with van der Waals surface area (Å²) in [4.78, 5) is 32.3. The first-order valence-corrected chi connectivity index (χ1v) is 9.64. The van der Waals surface area contributed by atoms with E-state index < -0.39 is 0 Å². The number of aryl methyl sites for hydroxylation is 1. The second-order valence-electron chi connectivity index (χ2n) is 7.02. The summed E-state index contributed by atoms with van der Waals surface area (Å²) in [6.45, 7) is 7.06. The van der Waals surface area contributed by atoms with E-state index in [0.29, 0.717) is 27.9 Å². The van der Waals surface area contributed by atoms with Gasteiger partial charge in [0.25, 0.3) is 5.56 Å². The maximum atomic E-state index is 12.9. The van der Waals surface area contributed by atoms with E-state index in [-0.39, 0.29) is 18.0 Å². The maximum absolute atomic E-state index is 12.9. The zero-order valence-corrected chi connectivity index (χ0v) is 16.8. The molecule has 1 N–H and O–H groups in total. The van der Waals surface area contributed by atoms with Crippen molar-refractivity contribution in [1.82, 2.24) is 9.55 Å². The zero-order valence-electron chi connectivity index (χ0n) is 16.0. The summed E-state index contributed by atoms with van der Waals surface area (Å²) in [7, 11) is 0. The maximum Gasteiger partial charge on any atom is 0.258 e. The van der Waals surface area contributed by atoms with E-state index in [1.807, 2.05) is 13.8 Å². The minimum atomic E-state index is -0.272. The molecule has 2 heterocycles. The molecule has 1 aliphatic heterocycles. The summed E-state index contributed by atoms with van der Waals surface area (Å²) in [6, 6.07) is 5.36. The minimum absolute atomic E-state index is 0.0786. The van der Waals surface area contributed by atoms with Gasteiger partial charge in [0.2, 0.25) is 11.9 Å². The van der Waals surface area contributed by atoms with Crippen LogP contribution in [-0.4, -0.2) is 28.5 Å². The highest BCUT2D eigenvalue weighted by Crippen LogP contribution is 2.23. The van der Waals surface area contributed by atoms with E-state index in [9.17, 15) is 9.59 Å². The van der Waals surface area contributed by atoms with Crippen LogP contribution in [0, 0.1) is 20.8 Å². The van der Waals surface area contributed by atoms with Crippen LogP contribution in [0.1, 0.15) is 36.1 Å². The first-order valence-electron chi connectivity index (χ1n) is 9.26. The highest BCUT2D eigenvalue weighted by molar-refractivity contribution is 6.31. The van der Waals surface area contributed by atoms with Crippen molar-refractivity contribution in [3.8, 4) is 0 Å². The molecule has 1 aromatic carbocycles. The molecule has 0 atom stereocenters. The van der Waals surface area contributed by atoms with E-state index in [1.54, 1.807) is 25.1 Å². The molecule has 0 unspecified atom stereocenters. The molecular weight excluding hydrogens is 364 g/mol. The molecule has 1 saturated heterocycles. The van der Waals surface area contributed by atoms with Gasteiger partial charge in [-0.05, 0) is 57.7 Å². The third-order valence-electron chi connectivity index (χ3n) is 5.10. The fourth-order valence-electron chi connectivity index (χ4n) is 3.30. The fraction of sp³-hybridized carbons (Fsp3) is 0.450. The van der Waals surface area contributed by atoms with Crippen LogP contribution in [0.15, 0.2) is 23.0 Å². The summed E-state index contributed by atoms with van der Waals surface area (Å²) < 4.78 is 1.49. The number of hydrogen-bond acceptors (Lipinski definition) is 4. The number of aromatic nitrogens is 2. The monoisotopic (exact) mass is 388 g/mol. The lowest BCUT2D eigenvalue weighted by Gasteiger charge is -2.30. The second-order valence-corrected chi connectivity index (χ2v) is 7.43. The van der Waals surface area contributed by atoms with Gasteiger partial charge < -0.3 is 10.2 Å². The third-order valence-corrected chi connectivity index (χ3v) is 5.51. The molecule has 7 heteroatoms. The standard InChI is InChI=1S/C20H25ClN4O2/c1-13-15(3)22-20(24-10-5-4-6-11-24)25(19(13)27)12-18(26)23-17-9-7-8-16(21)14(17)2/h7-9H,4-6,10-12H2,1-3H3,(H,23,26). The Morgan fingerprint density at radius 3 is 2.56 bits per heavy atom. The lowest BCUT2D eigenvalue weighted by atomic mass is 10.1. The Labute approximate surface area is 164 Å². The number of benzene rings is 1. The Kier molecular flexibility index (Phi) is 5.85. The lowest BCUT2D eigenvalue weighted by molar-refractivity contribution is -0.116. The van der Waals surface area contributed by atoms with Crippen molar-refractivity contribution in [3.05, 3.63) is 50.4 Å². The van der Waals surface area contributed by atoms with Gasteiger partial charge in [-0.1, -0.05) is 17.7 Å².